The first-order chi connectivity index (χ1) is 14.1. The first kappa shape index (κ1) is 19.5. The first-order valence-corrected chi connectivity index (χ1v) is 9.93. The van der Waals surface area contributed by atoms with Crippen LogP contribution in [0.25, 0.3) is 0 Å². The van der Waals surface area contributed by atoms with E-state index in [0.29, 0.717) is 24.1 Å². The van der Waals surface area contributed by atoms with E-state index in [1.165, 1.54) is 19.9 Å². The maximum atomic E-state index is 13.6. The van der Waals surface area contributed by atoms with Crippen molar-refractivity contribution in [3.63, 3.8) is 0 Å². The van der Waals surface area contributed by atoms with Crippen LogP contribution in [0, 0.1) is 5.41 Å². The van der Waals surface area contributed by atoms with Crippen molar-refractivity contribution in [1.82, 2.24) is 4.90 Å². The molecule has 0 aromatic carbocycles. The molecule has 1 saturated heterocycles. The molecular weight excluding hydrogens is 394 g/mol. The van der Waals surface area contributed by atoms with Gasteiger partial charge in [-0.05, 0) is 26.1 Å². The lowest BCUT2D eigenvalue weighted by Crippen LogP contribution is -2.76. The van der Waals surface area contributed by atoms with Crippen LogP contribution in [-0.2, 0) is 28.6 Å². The Morgan fingerprint density at radius 1 is 1.27 bits per heavy atom. The van der Waals surface area contributed by atoms with Gasteiger partial charge in [0.05, 0.1) is 5.41 Å². The average molecular weight is 417 g/mol. The monoisotopic (exact) mass is 417 g/mol. The number of rotatable bonds is 2. The molecule has 2 bridgehead atoms. The zero-order valence-corrected chi connectivity index (χ0v) is 16.9. The number of esters is 2. The van der Waals surface area contributed by atoms with Crippen molar-refractivity contribution < 1.29 is 38.8 Å². The van der Waals surface area contributed by atoms with Crippen LogP contribution in [0.15, 0.2) is 35.1 Å². The third-order valence-corrected chi connectivity index (χ3v) is 7.00. The van der Waals surface area contributed by atoms with E-state index in [-0.39, 0.29) is 18.0 Å². The molecule has 2 aliphatic heterocycles. The van der Waals surface area contributed by atoms with Gasteiger partial charge in [-0.15, -0.1) is 0 Å². The lowest BCUT2D eigenvalue weighted by Gasteiger charge is -2.62. The summed E-state index contributed by atoms with van der Waals surface area (Å²) in [6.45, 7) is 2.92. The summed E-state index contributed by atoms with van der Waals surface area (Å²) in [6, 6.07) is -0.806. The van der Waals surface area contributed by atoms with Gasteiger partial charge < -0.3 is 24.4 Å². The summed E-state index contributed by atoms with van der Waals surface area (Å²) in [5.41, 5.74) is -1.81. The fraction of sp³-hybridized carbons (Fsp3) is 0.571. The number of hydrogen-bond acceptors (Lipinski definition) is 9. The molecule has 0 radical (unpaired) electrons. The van der Waals surface area contributed by atoms with Crippen molar-refractivity contribution >= 4 is 17.7 Å². The van der Waals surface area contributed by atoms with Gasteiger partial charge in [-0.1, -0.05) is 12.2 Å². The van der Waals surface area contributed by atoms with Gasteiger partial charge in [-0.2, -0.15) is 0 Å². The number of nitrogens with zero attached hydrogens (tertiary/aromatic N) is 1. The molecule has 5 aliphatic rings. The highest BCUT2D eigenvalue weighted by Gasteiger charge is 2.78. The van der Waals surface area contributed by atoms with Crippen LogP contribution in [0.5, 0.6) is 0 Å². The van der Waals surface area contributed by atoms with Crippen LogP contribution in [0.4, 0.5) is 0 Å². The number of aliphatic hydroxyl groups excluding tert-OH is 1. The Balaban J connectivity index is 1.83. The molecule has 160 valence electrons. The van der Waals surface area contributed by atoms with Crippen molar-refractivity contribution in [1.29, 1.82) is 0 Å². The number of aliphatic hydroxyl groups is 2. The number of ether oxygens (including phenoxy) is 3. The smallest absolute Gasteiger partial charge is 0.305 e. The number of hydrogen-bond donors (Lipinski definition) is 2. The zero-order chi connectivity index (χ0) is 21.6. The van der Waals surface area contributed by atoms with E-state index in [1.54, 1.807) is 19.2 Å². The van der Waals surface area contributed by atoms with Crippen molar-refractivity contribution in [2.24, 2.45) is 5.41 Å². The molecule has 2 fully saturated rings. The average Bonchev–Trinajstić information content (AvgIpc) is 3.00. The maximum absolute atomic E-state index is 13.6. The van der Waals surface area contributed by atoms with Crippen LogP contribution in [0.1, 0.15) is 26.7 Å². The number of likely N-dealkylation sites (tertiary alicyclic amines) is 1. The summed E-state index contributed by atoms with van der Waals surface area (Å²) in [4.78, 5) is 39.4. The summed E-state index contributed by atoms with van der Waals surface area (Å²) in [5, 5.41) is 22.0. The minimum Gasteiger partial charge on any atom is -0.483 e. The van der Waals surface area contributed by atoms with Crippen LogP contribution < -0.4 is 0 Å². The highest BCUT2D eigenvalue weighted by molar-refractivity contribution is 6.08. The van der Waals surface area contributed by atoms with Crippen LogP contribution >= 0.6 is 0 Å². The molecule has 0 aromatic rings. The SMILES string of the molecule is CC(=O)OC1(O)CC=C2C(=O)[C@H]3N(C)CC[C@]45C2=C1O[C@H]4[C@@H](O)C=C[C@@]35OC(C)=O. The van der Waals surface area contributed by atoms with Crippen LogP contribution in [-0.4, -0.2) is 76.1 Å². The van der Waals surface area contributed by atoms with E-state index < -0.39 is 47.0 Å². The van der Waals surface area contributed by atoms with E-state index in [2.05, 4.69) is 0 Å². The number of piperidine rings is 1. The van der Waals surface area contributed by atoms with Gasteiger partial charge >= 0.3 is 11.9 Å². The molecule has 6 atom stereocenters. The lowest BCUT2D eigenvalue weighted by molar-refractivity contribution is -0.220. The largest absolute Gasteiger partial charge is 0.483 e. The fourth-order valence-electron chi connectivity index (χ4n) is 6.10. The number of carbonyl (C=O) groups excluding carboxylic acids is 3. The Hall–Kier alpha value is -2.49. The zero-order valence-electron chi connectivity index (χ0n) is 16.9. The van der Waals surface area contributed by atoms with Gasteiger partial charge in [0.1, 0.15) is 18.2 Å². The van der Waals surface area contributed by atoms with Crippen molar-refractivity contribution in [2.45, 2.75) is 56.3 Å². The predicted octanol–water partition coefficient (Wildman–Crippen LogP) is -0.273. The fourth-order valence-corrected chi connectivity index (χ4v) is 6.10. The number of carbonyl (C=O) groups is 3. The second-order valence-corrected chi connectivity index (χ2v) is 8.65. The Morgan fingerprint density at radius 2 is 1.97 bits per heavy atom. The molecule has 30 heavy (non-hydrogen) atoms. The Labute approximate surface area is 172 Å². The van der Waals surface area contributed by atoms with E-state index in [4.69, 9.17) is 14.2 Å². The molecule has 1 saturated carbocycles. The molecule has 5 rings (SSSR count). The molecule has 0 aromatic heterocycles. The maximum Gasteiger partial charge on any atom is 0.305 e. The van der Waals surface area contributed by atoms with Gasteiger partial charge in [-0.25, -0.2) is 0 Å². The number of likely N-dealkylation sites (N-methyl/N-ethyl adjacent to an activating group) is 1. The van der Waals surface area contributed by atoms with E-state index in [9.17, 15) is 24.6 Å². The molecular formula is C21H23NO8. The van der Waals surface area contributed by atoms with Crippen molar-refractivity contribution in [3.05, 3.63) is 35.1 Å². The minimum absolute atomic E-state index is 0.0594. The summed E-state index contributed by atoms with van der Waals surface area (Å²) in [5.74, 6) is -3.72. The normalized spacial score (nSPS) is 43.6. The Kier molecular flexibility index (Phi) is 3.77. The highest BCUT2D eigenvalue weighted by atomic mass is 16.7. The lowest BCUT2D eigenvalue weighted by atomic mass is 9.48. The molecule has 3 aliphatic carbocycles. The van der Waals surface area contributed by atoms with Crippen LogP contribution in [0.3, 0.4) is 0 Å². The first-order valence-electron chi connectivity index (χ1n) is 9.93. The Bertz CT molecular complexity index is 981. The second kappa shape index (κ2) is 5.81. The van der Waals surface area contributed by atoms with Crippen molar-refractivity contribution in [3.8, 4) is 0 Å². The number of Topliss-reactive ketones (excluding diaryl/α,β-unsaturated/α-hetero) is 1. The van der Waals surface area contributed by atoms with E-state index >= 15 is 0 Å². The van der Waals surface area contributed by atoms with Gasteiger partial charge in [0.25, 0.3) is 5.79 Å². The predicted molar refractivity (Wildman–Crippen MR) is 99.4 cm³/mol. The molecule has 2 heterocycles. The van der Waals surface area contributed by atoms with Crippen molar-refractivity contribution in [2.75, 3.05) is 13.6 Å². The molecule has 0 amide bonds. The minimum atomic E-state index is -2.10. The summed E-state index contributed by atoms with van der Waals surface area (Å²) in [6.07, 6.45) is 2.85. The quantitative estimate of drug-likeness (QED) is 0.355. The van der Waals surface area contributed by atoms with Gasteiger partial charge in [0.15, 0.2) is 17.1 Å². The topological polar surface area (TPSA) is 123 Å². The summed E-state index contributed by atoms with van der Waals surface area (Å²) < 4.78 is 17.2. The molecule has 9 nitrogen and oxygen atoms in total. The highest BCUT2D eigenvalue weighted by Crippen LogP contribution is 2.67. The summed E-state index contributed by atoms with van der Waals surface area (Å²) in [7, 11) is 1.79. The van der Waals surface area contributed by atoms with Crippen LogP contribution in [0.2, 0.25) is 0 Å². The number of ketones is 1. The standard InChI is InChI=1S/C21H23NO8/c1-10(23)29-20-6-5-13(25)17-19(20)8-9-22(3)16(20)15(26)12-4-7-21(27,30-11(2)24)18(28-17)14(12)19/h4-6,13,16-17,25,27H,7-9H2,1-3H3/t13-,16+,17-,19-,20+,21?/m0/s1. The van der Waals surface area contributed by atoms with Gasteiger partial charge in [-0.3, -0.25) is 19.3 Å². The third-order valence-electron chi connectivity index (χ3n) is 7.00. The molecule has 2 N–H and O–H groups in total. The van der Waals surface area contributed by atoms with E-state index in [1.807, 2.05) is 4.90 Å². The van der Waals surface area contributed by atoms with Gasteiger partial charge in [0.2, 0.25) is 0 Å². The third kappa shape index (κ3) is 2.05. The molecule has 1 spiro atoms. The van der Waals surface area contributed by atoms with Gasteiger partial charge in [0, 0.05) is 31.4 Å². The molecule has 1 unspecified atom stereocenters. The summed E-state index contributed by atoms with van der Waals surface area (Å²) >= 11 is 0. The molecule has 9 heteroatoms. The van der Waals surface area contributed by atoms with E-state index in [0.717, 1.165) is 0 Å². The second-order valence-electron chi connectivity index (χ2n) is 8.65. The Morgan fingerprint density at radius 3 is 2.63 bits per heavy atom.